The number of fused-ring (bicyclic) bond motifs is 1. The van der Waals surface area contributed by atoms with Crippen molar-refractivity contribution in [3.05, 3.63) is 53.5 Å². The first kappa shape index (κ1) is 16.9. The molecular weight excluding hydrogens is 324 g/mol. The van der Waals surface area contributed by atoms with E-state index in [9.17, 15) is 4.79 Å². The Morgan fingerprint density at radius 1 is 1.15 bits per heavy atom. The molecular formula is C21H26N4O. The number of para-hydroxylation sites is 1. The Morgan fingerprint density at radius 3 is 2.58 bits per heavy atom. The smallest absolute Gasteiger partial charge is 0.268 e. The zero-order chi connectivity index (χ0) is 18.3. The van der Waals surface area contributed by atoms with E-state index in [1.54, 1.807) is 0 Å². The van der Waals surface area contributed by atoms with Crippen molar-refractivity contribution in [3.8, 4) is 0 Å². The van der Waals surface area contributed by atoms with Gasteiger partial charge in [-0.1, -0.05) is 18.2 Å². The summed E-state index contributed by atoms with van der Waals surface area (Å²) in [5.41, 5.74) is 4.20. The maximum atomic E-state index is 13.0. The third-order valence-corrected chi connectivity index (χ3v) is 5.81. The summed E-state index contributed by atoms with van der Waals surface area (Å²) in [5.74, 6) is 0.0446. The van der Waals surface area contributed by atoms with Crippen molar-refractivity contribution < 1.29 is 4.79 Å². The van der Waals surface area contributed by atoms with Crippen molar-refractivity contribution in [2.45, 2.75) is 51.6 Å². The molecule has 0 spiro atoms. The number of carbonyl (C=O) groups excluding carboxylic acids is 1. The highest BCUT2D eigenvalue weighted by atomic mass is 16.2. The molecule has 1 aromatic carbocycles. The Bertz CT molecular complexity index is 931. The Balaban J connectivity index is 1.49. The van der Waals surface area contributed by atoms with E-state index in [0.29, 0.717) is 6.04 Å². The van der Waals surface area contributed by atoms with Crippen molar-refractivity contribution in [1.29, 1.82) is 0 Å². The SMILES string of the molecule is Cc1c(C(=O)NC2CCC(n3cccn3)CC2)n(C)c2c(C)cccc12. The lowest BCUT2D eigenvalue weighted by molar-refractivity contribution is 0.0913. The zero-order valence-corrected chi connectivity index (χ0v) is 15.7. The number of hydrogen-bond donors (Lipinski definition) is 1. The van der Waals surface area contributed by atoms with Gasteiger partial charge in [-0.05, 0) is 56.7 Å². The highest BCUT2D eigenvalue weighted by Crippen LogP contribution is 2.30. The number of rotatable bonds is 3. The highest BCUT2D eigenvalue weighted by molar-refractivity contribution is 6.02. The lowest BCUT2D eigenvalue weighted by atomic mass is 9.91. The molecule has 4 rings (SSSR count). The number of carbonyl (C=O) groups is 1. The molecule has 0 atom stereocenters. The van der Waals surface area contributed by atoms with Crippen LogP contribution < -0.4 is 5.32 Å². The number of nitrogens with one attached hydrogen (secondary N) is 1. The monoisotopic (exact) mass is 350 g/mol. The van der Waals surface area contributed by atoms with Crippen LogP contribution in [0.15, 0.2) is 36.7 Å². The Labute approximate surface area is 154 Å². The number of nitrogens with zero attached hydrogens (tertiary/aromatic N) is 3. The number of aromatic nitrogens is 3. The van der Waals surface area contributed by atoms with Gasteiger partial charge < -0.3 is 9.88 Å². The molecule has 3 aromatic rings. The lowest BCUT2D eigenvalue weighted by Crippen LogP contribution is -2.39. The first-order chi connectivity index (χ1) is 12.6. The fourth-order valence-electron chi connectivity index (χ4n) is 4.46. The normalized spacial score (nSPS) is 20.4. The summed E-state index contributed by atoms with van der Waals surface area (Å²) in [4.78, 5) is 13.0. The minimum atomic E-state index is 0.0446. The third kappa shape index (κ3) is 2.81. The van der Waals surface area contributed by atoms with Gasteiger partial charge in [-0.15, -0.1) is 0 Å². The van der Waals surface area contributed by atoms with Crippen LogP contribution in [0.2, 0.25) is 0 Å². The molecule has 5 heteroatoms. The minimum Gasteiger partial charge on any atom is -0.348 e. The van der Waals surface area contributed by atoms with E-state index in [0.717, 1.165) is 42.5 Å². The van der Waals surface area contributed by atoms with Crippen molar-refractivity contribution in [2.75, 3.05) is 0 Å². The predicted molar refractivity (Wildman–Crippen MR) is 103 cm³/mol. The lowest BCUT2D eigenvalue weighted by Gasteiger charge is -2.29. The molecule has 5 nitrogen and oxygen atoms in total. The molecule has 26 heavy (non-hydrogen) atoms. The van der Waals surface area contributed by atoms with Gasteiger partial charge in [0.25, 0.3) is 5.91 Å². The van der Waals surface area contributed by atoms with E-state index in [2.05, 4.69) is 40.2 Å². The van der Waals surface area contributed by atoms with Gasteiger partial charge in [0.15, 0.2) is 0 Å². The van der Waals surface area contributed by atoms with E-state index in [-0.39, 0.29) is 11.9 Å². The zero-order valence-electron chi connectivity index (χ0n) is 15.7. The van der Waals surface area contributed by atoms with E-state index >= 15 is 0 Å². The molecule has 136 valence electrons. The average molecular weight is 350 g/mol. The molecule has 0 radical (unpaired) electrons. The summed E-state index contributed by atoms with van der Waals surface area (Å²) in [6.07, 6.45) is 7.97. The summed E-state index contributed by atoms with van der Waals surface area (Å²) in [5, 5.41) is 8.80. The van der Waals surface area contributed by atoms with Crippen molar-refractivity contribution in [2.24, 2.45) is 7.05 Å². The van der Waals surface area contributed by atoms with Crippen LogP contribution in [0.5, 0.6) is 0 Å². The van der Waals surface area contributed by atoms with Crippen molar-refractivity contribution >= 4 is 16.8 Å². The quantitative estimate of drug-likeness (QED) is 0.779. The first-order valence-corrected chi connectivity index (χ1v) is 9.41. The Morgan fingerprint density at radius 2 is 1.92 bits per heavy atom. The van der Waals surface area contributed by atoms with Gasteiger partial charge in [0.1, 0.15) is 5.69 Å². The molecule has 0 bridgehead atoms. The molecule has 0 aliphatic heterocycles. The summed E-state index contributed by atoms with van der Waals surface area (Å²) < 4.78 is 4.10. The topological polar surface area (TPSA) is 51.9 Å². The van der Waals surface area contributed by atoms with Crippen LogP contribution in [0, 0.1) is 13.8 Å². The van der Waals surface area contributed by atoms with Gasteiger partial charge in [0.2, 0.25) is 0 Å². The maximum absolute atomic E-state index is 13.0. The van der Waals surface area contributed by atoms with Crippen LogP contribution in [-0.4, -0.2) is 26.3 Å². The fourth-order valence-corrected chi connectivity index (χ4v) is 4.46. The van der Waals surface area contributed by atoms with Gasteiger partial charge in [0.05, 0.1) is 11.6 Å². The maximum Gasteiger partial charge on any atom is 0.268 e. The molecule has 0 saturated heterocycles. The van der Waals surface area contributed by atoms with Crippen LogP contribution in [0.4, 0.5) is 0 Å². The molecule has 1 saturated carbocycles. The molecule has 0 unspecified atom stereocenters. The van der Waals surface area contributed by atoms with Gasteiger partial charge in [-0.25, -0.2) is 0 Å². The third-order valence-electron chi connectivity index (χ3n) is 5.81. The first-order valence-electron chi connectivity index (χ1n) is 9.41. The summed E-state index contributed by atoms with van der Waals surface area (Å²) in [7, 11) is 1.99. The van der Waals surface area contributed by atoms with E-state index in [4.69, 9.17) is 0 Å². The fraction of sp³-hybridized carbons (Fsp3) is 0.429. The number of hydrogen-bond acceptors (Lipinski definition) is 2. The number of benzene rings is 1. The standard InChI is InChI=1S/C21H26N4O/c1-14-6-4-7-18-15(2)20(24(3)19(14)18)21(26)23-16-8-10-17(11-9-16)25-13-5-12-22-25/h4-7,12-13,16-17H,8-11H2,1-3H3,(H,23,26). The minimum absolute atomic E-state index is 0.0446. The molecule has 1 aliphatic rings. The summed E-state index contributed by atoms with van der Waals surface area (Å²) in [6, 6.07) is 8.93. The van der Waals surface area contributed by atoms with Gasteiger partial charge in [0, 0.05) is 30.9 Å². The van der Waals surface area contributed by atoms with Crippen LogP contribution >= 0.6 is 0 Å². The van der Waals surface area contributed by atoms with Gasteiger partial charge in [-0.2, -0.15) is 5.10 Å². The van der Waals surface area contributed by atoms with E-state index in [1.807, 2.05) is 37.0 Å². The van der Waals surface area contributed by atoms with Gasteiger partial charge >= 0.3 is 0 Å². The molecule has 1 fully saturated rings. The second kappa shape index (κ2) is 6.63. The highest BCUT2D eigenvalue weighted by Gasteiger charge is 2.26. The van der Waals surface area contributed by atoms with Crippen LogP contribution in [0.25, 0.3) is 10.9 Å². The Kier molecular flexibility index (Phi) is 4.31. The van der Waals surface area contributed by atoms with E-state index in [1.165, 1.54) is 10.9 Å². The van der Waals surface area contributed by atoms with Gasteiger partial charge in [-0.3, -0.25) is 9.48 Å². The predicted octanol–water partition coefficient (Wildman–Crippen LogP) is 3.91. The number of amides is 1. The van der Waals surface area contributed by atoms with Crippen LogP contribution in [0.1, 0.15) is 53.3 Å². The molecule has 2 aromatic heterocycles. The van der Waals surface area contributed by atoms with Crippen molar-refractivity contribution in [3.63, 3.8) is 0 Å². The second-order valence-corrected chi connectivity index (χ2v) is 7.47. The molecule has 1 aliphatic carbocycles. The van der Waals surface area contributed by atoms with E-state index < -0.39 is 0 Å². The average Bonchev–Trinajstić information content (AvgIpc) is 3.24. The molecule has 1 amide bonds. The molecule has 1 N–H and O–H groups in total. The second-order valence-electron chi connectivity index (χ2n) is 7.47. The van der Waals surface area contributed by atoms with Crippen LogP contribution in [-0.2, 0) is 7.05 Å². The largest absolute Gasteiger partial charge is 0.348 e. The Hall–Kier alpha value is -2.56. The van der Waals surface area contributed by atoms with Crippen molar-refractivity contribution in [1.82, 2.24) is 19.7 Å². The number of aryl methyl sites for hydroxylation is 3. The molecule has 2 heterocycles. The van der Waals surface area contributed by atoms with Crippen LogP contribution in [0.3, 0.4) is 0 Å². The summed E-state index contributed by atoms with van der Waals surface area (Å²) in [6.45, 7) is 4.14. The summed E-state index contributed by atoms with van der Waals surface area (Å²) >= 11 is 0.